The molecule has 0 saturated heterocycles. The van der Waals surface area contributed by atoms with Crippen molar-refractivity contribution in [2.45, 2.75) is 32.8 Å². The third-order valence-corrected chi connectivity index (χ3v) is 3.16. The van der Waals surface area contributed by atoms with Crippen molar-refractivity contribution >= 4 is 0 Å². The molecule has 1 nitrogen and oxygen atoms in total. The summed E-state index contributed by atoms with van der Waals surface area (Å²) in [6, 6.07) is 8.14. The fourth-order valence-electron chi connectivity index (χ4n) is 2.40. The molecule has 0 fully saturated rings. The van der Waals surface area contributed by atoms with Crippen molar-refractivity contribution < 1.29 is 5.11 Å². The first-order valence-electron chi connectivity index (χ1n) is 5.73. The quantitative estimate of drug-likeness (QED) is 0.795. The Labute approximate surface area is 97.1 Å². The summed E-state index contributed by atoms with van der Waals surface area (Å²) in [6.07, 6.45) is 4.07. The van der Waals surface area contributed by atoms with Crippen molar-refractivity contribution in [1.82, 2.24) is 0 Å². The fourth-order valence-corrected chi connectivity index (χ4v) is 2.40. The maximum absolute atomic E-state index is 9.78. The average molecular weight is 214 g/mol. The summed E-state index contributed by atoms with van der Waals surface area (Å²) in [4.78, 5) is 0. The van der Waals surface area contributed by atoms with E-state index in [4.69, 9.17) is 0 Å². The number of aliphatic hydroxyl groups excluding tert-OH is 1. The maximum Gasteiger partial charge on any atom is 0.0764 e. The highest BCUT2D eigenvalue weighted by Crippen LogP contribution is 2.36. The Kier molecular flexibility index (Phi) is 2.97. The minimum Gasteiger partial charge on any atom is -0.389 e. The molecule has 0 radical (unpaired) electrons. The zero-order valence-electron chi connectivity index (χ0n) is 10.1. The lowest BCUT2D eigenvalue weighted by Gasteiger charge is -2.17. The van der Waals surface area contributed by atoms with Gasteiger partial charge in [0, 0.05) is 5.92 Å². The Morgan fingerprint density at radius 1 is 1.19 bits per heavy atom. The molecule has 1 aromatic rings. The molecular weight excluding hydrogens is 196 g/mol. The minimum absolute atomic E-state index is 0.339. The summed E-state index contributed by atoms with van der Waals surface area (Å²) in [5.41, 5.74) is 4.92. The molecule has 1 N–H and O–H groups in total. The summed E-state index contributed by atoms with van der Waals surface area (Å²) in [5, 5.41) is 9.78. The average Bonchev–Trinajstić information content (AvgIpc) is 2.57. The van der Waals surface area contributed by atoms with Crippen LogP contribution in [0.2, 0.25) is 0 Å². The molecule has 0 spiro atoms. The van der Waals surface area contributed by atoms with Gasteiger partial charge in [0.1, 0.15) is 0 Å². The van der Waals surface area contributed by atoms with E-state index in [-0.39, 0.29) is 0 Å². The summed E-state index contributed by atoms with van der Waals surface area (Å²) < 4.78 is 0. The van der Waals surface area contributed by atoms with Crippen molar-refractivity contribution in [2.24, 2.45) is 0 Å². The fraction of sp³-hybridized carbons (Fsp3) is 0.333. The van der Waals surface area contributed by atoms with Crippen LogP contribution in [0.25, 0.3) is 0 Å². The van der Waals surface area contributed by atoms with Crippen molar-refractivity contribution in [2.75, 3.05) is 0 Å². The van der Waals surface area contributed by atoms with Crippen LogP contribution in [0, 0.1) is 0 Å². The van der Waals surface area contributed by atoms with Crippen LogP contribution >= 0.6 is 0 Å². The van der Waals surface area contributed by atoms with Crippen LogP contribution in [0.5, 0.6) is 0 Å². The molecule has 0 aliphatic heterocycles. The van der Waals surface area contributed by atoms with Gasteiger partial charge in [0.15, 0.2) is 0 Å². The van der Waals surface area contributed by atoms with Crippen LogP contribution in [0.4, 0.5) is 0 Å². The van der Waals surface area contributed by atoms with Crippen molar-refractivity contribution in [3.8, 4) is 0 Å². The van der Waals surface area contributed by atoms with E-state index in [2.05, 4.69) is 32.1 Å². The molecule has 1 heteroatoms. The minimum atomic E-state index is -0.404. The molecule has 0 aromatic heterocycles. The first-order valence-corrected chi connectivity index (χ1v) is 5.73. The number of benzene rings is 1. The topological polar surface area (TPSA) is 20.2 Å². The Hall–Kier alpha value is -1.34. The van der Waals surface area contributed by atoms with Crippen molar-refractivity contribution in [3.63, 3.8) is 0 Å². The molecule has 16 heavy (non-hydrogen) atoms. The Balaban J connectivity index is 2.46. The number of hydrogen-bond donors (Lipinski definition) is 1. The Morgan fingerprint density at radius 2 is 1.88 bits per heavy atom. The maximum atomic E-state index is 9.78. The van der Waals surface area contributed by atoms with Crippen LogP contribution in [0.15, 0.2) is 47.6 Å². The molecule has 0 saturated carbocycles. The normalized spacial score (nSPS) is 21.6. The first-order chi connectivity index (χ1) is 7.59. The van der Waals surface area contributed by atoms with Gasteiger partial charge in [-0.1, -0.05) is 47.6 Å². The van der Waals surface area contributed by atoms with Crippen LogP contribution in [0.3, 0.4) is 0 Å². The molecule has 2 rings (SSSR count). The third kappa shape index (κ3) is 1.96. The van der Waals surface area contributed by atoms with Gasteiger partial charge in [0.2, 0.25) is 0 Å². The Bertz CT molecular complexity index is 452. The Morgan fingerprint density at radius 3 is 2.44 bits per heavy atom. The van der Waals surface area contributed by atoms with Crippen molar-refractivity contribution in [1.29, 1.82) is 0 Å². The zero-order valence-corrected chi connectivity index (χ0v) is 10.1. The van der Waals surface area contributed by atoms with Gasteiger partial charge in [-0.05, 0) is 31.9 Å². The van der Waals surface area contributed by atoms with Gasteiger partial charge < -0.3 is 5.11 Å². The van der Waals surface area contributed by atoms with E-state index < -0.39 is 6.10 Å². The van der Waals surface area contributed by atoms with E-state index in [9.17, 15) is 5.11 Å². The number of allylic oxidation sites excluding steroid dienone is 4. The molecule has 1 aliphatic rings. The first kappa shape index (κ1) is 11.2. The number of hydrogen-bond acceptors (Lipinski definition) is 1. The molecule has 0 amide bonds. The SMILES string of the molecule is CC1=CC(c2ccccc2C(C)O)C(C)=C1. The van der Waals surface area contributed by atoms with Crippen LogP contribution in [-0.2, 0) is 0 Å². The van der Waals surface area contributed by atoms with Gasteiger partial charge in [-0.2, -0.15) is 0 Å². The van der Waals surface area contributed by atoms with Gasteiger partial charge in [-0.3, -0.25) is 0 Å². The monoisotopic (exact) mass is 214 g/mol. The van der Waals surface area contributed by atoms with Gasteiger partial charge in [-0.25, -0.2) is 0 Å². The predicted molar refractivity (Wildman–Crippen MR) is 67.3 cm³/mol. The second-order valence-corrected chi connectivity index (χ2v) is 4.58. The summed E-state index contributed by atoms with van der Waals surface area (Å²) in [5.74, 6) is 0.339. The van der Waals surface area contributed by atoms with Gasteiger partial charge in [0.05, 0.1) is 6.10 Å². The highest BCUT2D eigenvalue weighted by Gasteiger charge is 2.19. The van der Waals surface area contributed by atoms with Crippen LogP contribution < -0.4 is 0 Å². The van der Waals surface area contributed by atoms with E-state index in [1.54, 1.807) is 0 Å². The van der Waals surface area contributed by atoms with E-state index >= 15 is 0 Å². The number of rotatable bonds is 2. The van der Waals surface area contributed by atoms with Gasteiger partial charge in [0.25, 0.3) is 0 Å². The van der Waals surface area contributed by atoms with E-state index in [1.165, 1.54) is 16.7 Å². The molecule has 1 aliphatic carbocycles. The number of aliphatic hydroxyl groups is 1. The highest BCUT2D eigenvalue weighted by molar-refractivity contribution is 5.47. The lowest BCUT2D eigenvalue weighted by Crippen LogP contribution is -2.02. The zero-order chi connectivity index (χ0) is 11.7. The predicted octanol–water partition coefficient (Wildman–Crippen LogP) is 3.73. The van der Waals surface area contributed by atoms with Gasteiger partial charge in [-0.15, -0.1) is 0 Å². The second kappa shape index (κ2) is 4.26. The lowest BCUT2D eigenvalue weighted by molar-refractivity contribution is 0.198. The lowest BCUT2D eigenvalue weighted by atomic mass is 9.89. The molecule has 0 heterocycles. The third-order valence-electron chi connectivity index (χ3n) is 3.16. The summed E-state index contributed by atoms with van der Waals surface area (Å²) in [7, 11) is 0. The summed E-state index contributed by atoms with van der Waals surface area (Å²) in [6.45, 7) is 6.09. The highest BCUT2D eigenvalue weighted by atomic mass is 16.3. The van der Waals surface area contributed by atoms with Crippen LogP contribution in [0.1, 0.15) is 43.9 Å². The van der Waals surface area contributed by atoms with E-state index in [0.717, 1.165) is 5.56 Å². The standard InChI is InChI=1S/C15H18O/c1-10-8-11(2)15(9-10)14-7-5-4-6-13(14)12(3)16/h4-9,12,15-16H,1-3H3. The smallest absolute Gasteiger partial charge is 0.0764 e. The van der Waals surface area contributed by atoms with Gasteiger partial charge >= 0.3 is 0 Å². The van der Waals surface area contributed by atoms with Crippen molar-refractivity contribution in [3.05, 3.63) is 58.7 Å². The second-order valence-electron chi connectivity index (χ2n) is 4.58. The van der Waals surface area contributed by atoms with E-state index in [1.807, 2.05) is 25.1 Å². The molecular formula is C15H18O. The summed E-state index contributed by atoms with van der Waals surface area (Å²) >= 11 is 0. The molecule has 0 bridgehead atoms. The molecule has 84 valence electrons. The van der Waals surface area contributed by atoms with E-state index in [0.29, 0.717) is 5.92 Å². The molecule has 2 unspecified atom stereocenters. The molecule has 1 aromatic carbocycles. The van der Waals surface area contributed by atoms with Crippen LogP contribution in [-0.4, -0.2) is 5.11 Å². The largest absolute Gasteiger partial charge is 0.389 e. The molecule has 2 atom stereocenters.